The second kappa shape index (κ2) is 9.33. The molecule has 1 N–H and O–H groups in total. The van der Waals surface area contributed by atoms with E-state index in [1.165, 1.54) is 11.1 Å². The standard InChI is InChI=1S/C22H27N3O2/c1-18-7-5-6-8-19(18)11-12-23-21(26)17-24-13-15-25(16-14-24)22(27)20-9-3-2-4-10-20/h2-10H,11-17H2,1H3,(H,23,26). The van der Waals surface area contributed by atoms with Gasteiger partial charge in [-0.25, -0.2) is 0 Å². The molecule has 142 valence electrons. The largest absolute Gasteiger partial charge is 0.355 e. The topological polar surface area (TPSA) is 52.7 Å². The third kappa shape index (κ3) is 5.41. The van der Waals surface area contributed by atoms with Crippen LogP contribution in [0.4, 0.5) is 0 Å². The molecule has 0 aromatic heterocycles. The van der Waals surface area contributed by atoms with Gasteiger partial charge in [0.15, 0.2) is 0 Å². The molecule has 2 aromatic carbocycles. The first-order valence-corrected chi connectivity index (χ1v) is 9.51. The van der Waals surface area contributed by atoms with Crippen LogP contribution in [0.2, 0.25) is 0 Å². The van der Waals surface area contributed by atoms with Crippen LogP contribution in [0.5, 0.6) is 0 Å². The highest BCUT2D eigenvalue weighted by Crippen LogP contribution is 2.09. The molecule has 0 atom stereocenters. The van der Waals surface area contributed by atoms with Crippen molar-refractivity contribution < 1.29 is 9.59 Å². The molecule has 1 aliphatic rings. The average molecular weight is 365 g/mol. The molecule has 2 amide bonds. The fourth-order valence-electron chi connectivity index (χ4n) is 3.36. The van der Waals surface area contributed by atoms with Crippen molar-refractivity contribution >= 4 is 11.8 Å². The summed E-state index contributed by atoms with van der Waals surface area (Å²) in [7, 11) is 0. The fraction of sp³-hybridized carbons (Fsp3) is 0.364. The van der Waals surface area contributed by atoms with E-state index in [1.807, 2.05) is 47.4 Å². The van der Waals surface area contributed by atoms with Crippen molar-refractivity contribution in [3.63, 3.8) is 0 Å². The van der Waals surface area contributed by atoms with Crippen molar-refractivity contribution in [3.05, 3.63) is 71.3 Å². The minimum atomic E-state index is 0.0476. The summed E-state index contributed by atoms with van der Waals surface area (Å²) >= 11 is 0. The smallest absolute Gasteiger partial charge is 0.253 e. The molecule has 5 heteroatoms. The van der Waals surface area contributed by atoms with Gasteiger partial charge < -0.3 is 10.2 Å². The highest BCUT2D eigenvalue weighted by molar-refractivity contribution is 5.94. The summed E-state index contributed by atoms with van der Waals surface area (Å²) in [5.41, 5.74) is 3.25. The van der Waals surface area contributed by atoms with Gasteiger partial charge in [0.05, 0.1) is 6.54 Å². The Balaban J connectivity index is 1.38. The molecule has 0 bridgehead atoms. The van der Waals surface area contributed by atoms with Gasteiger partial charge in [-0.1, -0.05) is 42.5 Å². The van der Waals surface area contributed by atoms with Gasteiger partial charge in [0, 0.05) is 38.3 Å². The van der Waals surface area contributed by atoms with E-state index < -0.39 is 0 Å². The molecule has 0 aliphatic carbocycles. The van der Waals surface area contributed by atoms with Crippen LogP contribution in [0.1, 0.15) is 21.5 Å². The predicted molar refractivity (Wildman–Crippen MR) is 107 cm³/mol. The van der Waals surface area contributed by atoms with Crippen molar-refractivity contribution in [2.45, 2.75) is 13.3 Å². The molecule has 5 nitrogen and oxygen atoms in total. The van der Waals surface area contributed by atoms with Crippen molar-refractivity contribution in [1.29, 1.82) is 0 Å². The number of piperazine rings is 1. The van der Waals surface area contributed by atoms with Gasteiger partial charge in [0.1, 0.15) is 0 Å². The number of nitrogens with one attached hydrogen (secondary N) is 1. The zero-order valence-corrected chi connectivity index (χ0v) is 15.9. The van der Waals surface area contributed by atoms with Gasteiger partial charge in [-0.05, 0) is 36.6 Å². The highest BCUT2D eigenvalue weighted by atomic mass is 16.2. The van der Waals surface area contributed by atoms with Gasteiger partial charge in [-0.2, -0.15) is 0 Å². The quantitative estimate of drug-likeness (QED) is 0.853. The first-order chi connectivity index (χ1) is 13.1. The van der Waals surface area contributed by atoms with E-state index in [4.69, 9.17) is 0 Å². The van der Waals surface area contributed by atoms with Gasteiger partial charge in [0.25, 0.3) is 5.91 Å². The summed E-state index contributed by atoms with van der Waals surface area (Å²) in [5, 5.41) is 3.00. The minimum Gasteiger partial charge on any atom is -0.355 e. The molecule has 1 aliphatic heterocycles. The molecular weight excluding hydrogens is 338 g/mol. The fourth-order valence-corrected chi connectivity index (χ4v) is 3.36. The Morgan fingerprint density at radius 1 is 0.926 bits per heavy atom. The third-order valence-corrected chi connectivity index (χ3v) is 5.03. The highest BCUT2D eigenvalue weighted by Gasteiger charge is 2.23. The minimum absolute atomic E-state index is 0.0476. The first kappa shape index (κ1) is 19.1. The number of aryl methyl sites for hydroxylation is 1. The summed E-state index contributed by atoms with van der Waals surface area (Å²) in [6, 6.07) is 17.6. The molecule has 0 spiro atoms. The van der Waals surface area contributed by atoms with E-state index in [1.54, 1.807) is 0 Å². The Bertz CT molecular complexity index is 768. The molecule has 0 unspecified atom stereocenters. The van der Waals surface area contributed by atoms with Crippen LogP contribution in [0.25, 0.3) is 0 Å². The van der Waals surface area contributed by atoms with Crippen LogP contribution in [0, 0.1) is 6.92 Å². The molecule has 0 saturated carbocycles. The lowest BCUT2D eigenvalue weighted by atomic mass is 10.1. The van der Waals surface area contributed by atoms with Crippen LogP contribution in [-0.2, 0) is 11.2 Å². The molecule has 1 fully saturated rings. The molecule has 0 radical (unpaired) electrons. The van der Waals surface area contributed by atoms with Crippen LogP contribution in [0.15, 0.2) is 54.6 Å². The Labute approximate surface area is 161 Å². The van der Waals surface area contributed by atoms with Gasteiger partial charge in [-0.15, -0.1) is 0 Å². The lowest BCUT2D eigenvalue weighted by Gasteiger charge is -2.34. The lowest BCUT2D eigenvalue weighted by Crippen LogP contribution is -2.51. The van der Waals surface area contributed by atoms with Crippen molar-refractivity contribution in [2.24, 2.45) is 0 Å². The third-order valence-electron chi connectivity index (χ3n) is 5.03. The summed E-state index contributed by atoms with van der Waals surface area (Å²) in [6.45, 7) is 5.90. The normalized spacial score (nSPS) is 14.8. The Morgan fingerprint density at radius 3 is 2.30 bits per heavy atom. The Kier molecular flexibility index (Phi) is 6.60. The summed E-state index contributed by atoms with van der Waals surface area (Å²) in [4.78, 5) is 28.6. The van der Waals surface area contributed by atoms with Crippen LogP contribution in [-0.4, -0.2) is 60.9 Å². The lowest BCUT2D eigenvalue weighted by molar-refractivity contribution is -0.122. The zero-order valence-electron chi connectivity index (χ0n) is 15.9. The second-order valence-electron chi connectivity index (χ2n) is 6.96. The van der Waals surface area contributed by atoms with Gasteiger partial charge in [-0.3, -0.25) is 14.5 Å². The Morgan fingerprint density at radius 2 is 1.59 bits per heavy atom. The monoisotopic (exact) mass is 365 g/mol. The predicted octanol–water partition coefficient (Wildman–Crippen LogP) is 2.11. The van der Waals surface area contributed by atoms with E-state index in [0.29, 0.717) is 26.2 Å². The molecule has 3 rings (SSSR count). The maximum Gasteiger partial charge on any atom is 0.253 e. The molecule has 27 heavy (non-hydrogen) atoms. The number of hydrogen-bond donors (Lipinski definition) is 1. The molecule has 2 aromatic rings. The van der Waals surface area contributed by atoms with Crippen molar-refractivity contribution in [3.8, 4) is 0 Å². The van der Waals surface area contributed by atoms with E-state index in [-0.39, 0.29) is 11.8 Å². The van der Waals surface area contributed by atoms with Crippen molar-refractivity contribution in [1.82, 2.24) is 15.1 Å². The first-order valence-electron chi connectivity index (χ1n) is 9.51. The summed E-state index contributed by atoms with van der Waals surface area (Å²) in [6.07, 6.45) is 0.845. The van der Waals surface area contributed by atoms with E-state index in [0.717, 1.165) is 25.1 Å². The maximum absolute atomic E-state index is 12.5. The van der Waals surface area contributed by atoms with Crippen molar-refractivity contribution in [2.75, 3.05) is 39.3 Å². The second-order valence-corrected chi connectivity index (χ2v) is 6.96. The number of carbonyl (C=O) groups is 2. The number of amides is 2. The van der Waals surface area contributed by atoms with Gasteiger partial charge >= 0.3 is 0 Å². The SMILES string of the molecule is Cc1ccccc1CCNC(=O)CN1CCN(C(=O)c2ccccc2)CC1. The number of carbonyl (C=O) groups excluding carboxylic acids is 2. The van der Waals surface area contributed by atoms with E-state index in [9.17, 15) is 9.59 Å². The Hall–Kier alpha value is -2.66. The number of nitrogens with zero attached hydrogens (tertiary/aromatic N) is 2. The maximum atomic E-state index is 12.5. The number of benzene rings is 2. The van der Waals surface area contributed by atoms with Crippen LogP contribution < -0.4 is 5.32 Å². The van der Waals surface area contributed by atoms with E-state index in [2.05, 4.69) is 29.3 Å². The molecular formula is C22H27N3O2. The molecule has 1 heterocycles. The van der Waals surface area contributed by atoms with Crippen LogP contribution >= 0.6 is 0 Å². The summed E-state index contributed by atoms with van der Waals surface area (Å²) in [5.74, 6) is 0.115. The average Bonchev–Trinajstić information content (AvgIpc) is 2.70. The number of rotatable bonds is 6. The zero-order chi connectivity index (χ0) is 19.1. The molecule has 1 saturated heterocycles. The van der Waals surface area contributed by atoms with E-state index >= 15 is 0 Å². The van der Waals surface area contributed by atoms with Crippen LogP contribution in [0.3, 0.4) is 0 Å². The summed E-state index contributed by atoms with van der Waals surface area (Å²) < 4.78 is 0. The van der Waals surface area contributed by atoms with Gasteiger partial charge in [0.2, 0.25) is 5.91 Å². The number of hydrogen-bond acceptors (Lipinski definition) is 3.